The van der Waals surface area contributed by atoms with E-state index in [-0.39, 0.29) is 24.6 Å². The summed E-state index contributed by atoms with van der Waals surface area (Å²) < 4.78 is 10.8. The maximum Gasteiger partial charge on any atom is 0.260 e. The number of H-pyrrole nitrogens is 1. The highest BCUT2D eigenvalue weighted by Crippen LogP contribution is 2.14. The first-order valence-electron chi connectivity index (χ1n) is 9.57. The highest BCUT2D eigenvalue weighted by Gasteiger charge is 2.17. The number of rotatable bonds is 9. The second-order valence-electron chi connectivity index (χ2n) is 6.63. The molecule has 1 N–H and O–H groups in total. The van der Waals surface area contributed by atoms with Gasteiger partial charge in [-0.05, 0) is 36.2 Å². The van der Waals surface area contributed by atoms with Crippen LogP contribution in [0.25, 0.3) is 10.9 Å². The lowest BCUT2D eigenvalue weighted by molar-refractivity contribution is -0.134. The molecular formula is C22H25N3O4. The molecule has 0 unspecified atom stereocenters. The van der Waals surface area contributed by atoms with Gasteiger partial charge in [0.05, 0.1) is 24.1 Å². The molecule has 1 aromatic heterocycles. The number of nitrogens with zero attached hydrogens (tertiary/aromatic N) is 2. The van der Waals surface area contributed by atoms with Crippen molar-refractivity contribution in [3.05, 3.63) is 70.3 Å². The van der Waals surface area contributed by atoms with Gasteiger partial charge in [0.1, 0.15) is 11.6 Å². The maximum absolute atomic E-state index is 12.8. The number of nitrogens with one attached hydrogen (secondary N) is 1. The predicted octanol–water partition coefficient (Wildman–Crippen LogP) is 2.54. The van der Waals surface area contributed by atoms with E-state index < -0.39 is 0 Å². The average molecular weight is 395 g/mol. The number of ether oxygens (including phenoxy) is 2. The Hall–Kier alpha value is -3.19. The first kappa shape index (κ1) is 20.5. The monoisotopic (exact) mass is 395 g/mol. The molecule has 7 nitrogen and oxygen atoms in total. The normalized spacial score (nSPS) is 10.8. The van der Waals surface area contributed by atoms with Crippen LogP contribution < -0.4 is 10.3 Å². The summed E-state index contributed by atoms with van der Waals surface area (Å²) >= 11 is 0. The van der Waals surface area contributed by atoms with Gasteiger partial charge in [0.15, 0.2) is 6.61 Å². The number of para-hydroxylation sites is 1. The number of hydrogen-bond donors (Lipinski definition) is 1. The average Bonchev–Trinajstić information content (AvgIpc) is 2.75. The third-order valence-corrected chi connectivity index (χ3v) is 4.59. The first-order valence-corrected chi connectivity index (χ1v) is 9.57. The summed E-state index contributed by atoms with van der Waals surface area (Å²) in [6.07, 6.45) is 0.895. The molecule has 1 heterocycles. The van der Waals surface area contributed by atoms with Crippen molar-refractivity contribution in [1.29, 1.82) is 0 Å². The Morgan fingerprint density at radius 2 is 2.00 bits per heavy atom. The van der Waals surface area contributed by atoms with Gasteiger partial charge >= 0.3 is 0 Å². The van der Waals surface area contributed by atoms with Crippen LogP contribution in [0.5, 0.6) is 5.75 Å². The van der Waals surface area contributed by atoms with E-state index >= 15 is 0 Å². The summed E-state index contributed by atoms with van der Waals surface area (Å²) in [4.78, 5) is 33.8. The summed E-state index contributed by atoms with van der Waals surface area (Å²) in [6, 6.07) is 14.8. The SMILES string of the molecule is CCc1cccc(OCC(=O)N(CCOC)Cc2nc3ccccc3c(=O)[nH]2)c1. The predicted molar refractivity (Wildman–Crippen MR) is 111 cm³/mol. The molecule has 0 aliphatic heterocycles. The number of amides is 1. The molecule has 0 bridgehead atoms. The number of fused-ring (bicyclic) bond motifs is 1. The van der Waals surface area contributed by atoms with Crippen molar-refractivity contribution in [2.75, 3.05) is 26.9 Å². The Bertz CT molecular complexity index is 1030. The molecule has 0 radical (unpaired) electrons. The number of carbonyl (C=O) groups excluding carboxylic acids is 1. The van der Waals surface area contributed by atoms with Crippen molar-refractivity contribution in [1.82, 2.24) is 14.9 Å². The highest BCUT2D eigenvalue weighted by atomic mass is 16.5. The summed E-state index contributed by atoms with van der Waals surface area (Å²) in [7, 11) is 1.57. The molecule has 0 aliphatic rings. The number of benzene rings is 2. The van der Waals surface area contributed by atoms with Crippen LogP contribution in [0.15, 0.2) is 53.3 Å². The van der Waals surface area contributed by atoms with Gasteiger partial charge in [0.2, 0.25) is 0 Å². The summed E-state index contributed by atoms with van der Waals surface area (Å²) in [6.45, 7) is 2.86. The number of aryl methyl sites for hydroxylation is 1. The Labute approximate surface area is 169 Å². The third kappa shape index (κ3) is 5.42. The zero-order valence-electron chi connectivity index (χ0n) is 16.7. The lowest BCUT2D eigenvalue weighted by Gasteiger charge is -2.22. The third-order valence-electron chi connectivity index (χ3n) is 4.59. The Morgan fingerprint density at radius 3 is 2.79 bits per heavy atom. The fourth-order valence-electron chi connectivity index (χ4n) is 2.98. The van der Waals surface area contributed by atoms with E-state index in [1.807, 2.05) is 30.3 Å². The Kier molecular flexibility index (Phi) is 6.97. The van der Waals surface area contributed by atoms with E-state index in [0.29, 0.717) is 35.6 Å². The fraction of sp³-hybridized carbons (Fsp3) is 0.318. The van der Waals surface area contributed by atoms with Crippen molar-refractivity contribution in [3.8, 4) is 5.75 Å². The van der Waals surface area contributed by atoms with Crippen LogP contribution in [0.4, 0.5) is 0 Å². The topological polar surface area (TPSA) is 84.5 Å². The van der Waals surface area contributed by atoms with E-state index in [2.05, 4.69) is 16.9 Å². The molecule has 152 valence electrons. The maximum atomic E-state index is 12.8. The molecule has 0 saturated carbocycles. The van der Waals surface area contributed by atoms with Crippen molar-refractivity contribution >= 4 is 16.8 Å². The van der Waals surface area contributed by atoms with Gasteiger partial charge in [-0.2, -0.15) is 0 Å². The van der Waals surface area contributed by atoms with Gasteiger partial charge in [0.25, 0.3) is 11.5 Å². The number of methoxy groups -OCH3 is 1. The van der Waals surface area contributed by atoms with E-state index in [4.69, 9.17) is 9.47 Å². The van der Waals surface area contributed by atoms with E-state index in [1.54, 1.807) is 30.2 Å². The lowest BCUT2D eigenvalue weighted by Crippen LogP contribution is -2.37. The van der Waals surface area contributed by atoms with Crippen LogP contribution in [-0.2, 0) is 22.5 Å². The van der Waals surface area contributed by atoms with Gasteiger partial charge in [-0.1, -0.05) is 31.2 Å². The lowest BCUT2D eigenvalue weighted by atomic mass is 10.2. The Balaban J connectivity index is 1.73. The largest absolute Gasteiger partial charge is 0.484 e. The standard InChI is InChI=1S/C22H25N3O4/c1-3-16-7-6-8-17(13-16)29-15-21(26)25(11-12-28-2)14-20-23-19-10-5-4-9-18(19)22(27)24-20/h4-10,13H,3,11-12,14-15H2,1-2H3,(H,23,24,27). The van der Waals surface area contributed by atoms with Gasteiger partial charge in [0, 0.05) is 13.7 Å². The number of aromatic amines is 1. The van der Waals surface area contributed by atoms with Crippen LogP contribution in [0.2, 0.25) is 0 Å². The van der Waals surface area contributed by atoms with E-state index in [1.165, 1.54) is 0 Å². The molecule has 0 atom stereocenters. The molecule has 3 rings (SSSR count). The highest BCUT2D eigenvalue weighted by molar-refractivity contribution is 5.78. The number of carbonyl (C=O) groups is 1. The minimum atomic E-state index is -0.225. The van der Waals surface area contributed by atoms with Gasteiger partial charge in [-0.25, -0.2) is 4.98 Å². The molecule has 0 aliphatic carbocycles. The molecule has 7 heteroatoms. The smallest absolute Gasteiger partial charge is 0.260 e. The van der Waals surface area contributed by atoms with E-state index in [9.17, 15) is 9.59 Å². The second-order valence-corrected chi connectivity index (χ2v) is 6.63. The zero-order valence-corrected chi connectivity index (χ0v) is 16.7. The van der Waals surface area contributed by atoms with Crippen molar-refractivity contribution in [2.45, 2.75) is 19.9 Å². The number of aromatic nitrogens is 2. The van der Waals surface area contributed by atoms with Crippen LogP contribution in [0.1, 0.15) is 18.3 Å². The zero-order chi connectivity index (χ0) is 20.6. The second kappa shape index (κ2) is 9.84. The molecule has 0 fully saturated rings. The van der Waals surface area contributed by atoms with Crippen LogP contribution in [0.3, 0.4) is 0 Å². The molecule has 0 spiro atoms. The molecule has 3 aromatic rings. The molecule has 2 aromatic carbocycles. The van der Waals surface area contributed by atoms with Gasteiger partial charge in [-0.3, -0.25) is 9.59 Å². The van der Waals surface area contributed by atoms with E-state index in [0.717, 1.165) is 12.0 Å². The van der Waals surface area contributed by atoms with Gasteiger partial charge < -0.3 is 19.4 Å². The van der Waals surface area contributed by atoms with Crippen molar-refractivity contribution in [3.63, 3.8) is 0 Å². The number of hydrogen-bond acceptors (Lipinski definition) is 5. The molecular weight excluding hydrogens is 370 g/mol. The van der Waals surface area contributed by atoms with Crippen LogP contribution >= 0.6 is 0 Å². The van der Waals surface area contributed by atoms with Crippen LogP contribution in [0, 0.1) is 0 Å². The Morgan fingerprint density at radius 1 is 1.17 bits per heavy atom. The van der Waals surface area contributed by atoms with Crippen molar-refractivity contribution < 1.29 is 14.3 Å². The molecule has 29 heavy (non-hydrogen) atoms. The summed E-state index contributed by atoms with van der Waals surface area (Å²) in [5.74, 6) is 0.868. The minimum absolute atomic E-state index is 0.102. The molecule has 0 saturated heterocycles. The van der Waals surface area contributed by atoms with Crippen molar-refractivity contribution in [2.24, 2.45) is 0 Å². The van der Waals surface area contributed by atoms with Crippen LogP contribution in [-0.4, -0.2) is 47.6 Å². The summed E-state index contributed by atoms with van der Waals surface area (Å²) in [5.41, 5.74) is 1.51. The first-order chi connectivity index (χ1) is 14.1. The van der Waals surface area contributed by atoms with Gasteiger partial charge in [-0.15, -0.1) is 0 Å². The fourth-order valence-corrected chi connectivity index (χ4v) is 2.98. The minimum Gasteiger partial charge on any atom is -0.484 e. The molecule has 1 amide bonds. The summed E-state index contributed by atoms with van der Waals surface area (Å²) in [5, 5.41) is 0.519. The quantitative estimate of drug-likeness (QED) is 0.602.